The van der Waals surface area contributed by atoms with Crippen LogP contribution < -0.4 is 5.32 Å². The van der Waals surface area contributed by atoms with Gasteiger partial charge in [0.05, 0.1) is 0 Å². The molecule has 0 aliphatic rings. The van der Waals surface area contributed by atoms with Crippen LogP contribution in [0.2, 0.25) is 0 Å². The highest BCUT2D eigenvalue weighted by Gasteiger charge is 2.03. The van der Waals surface area contributed by atoms with Gasteiger partial charge in [0, 0.05) is 17.5 Å². The Balaban J connectivity index is 2.25. The van der Waals surface area contributed by atoms with Gasteiger partial charge in [-0.2, -0.15) is 0 Å². The van der Waals surface area contributed by atoms with Gasteiger partial charge in [0.1, 0.15) is 0 Å². The van der Waals surface area contributed by atoms with Gasteiger partial charge in [0.15, 0.2) is 0 Å². The second-order valence-corrected chi connectivity index (χ2v) is 3.75. The van der Waals surface area contributed by atoms with Crippen molar-refractivity contribution < 1.29 is 5.11 Å². The summed E-state index contributed by atoms with van der Waals surface area (Å²) in [5.41, 5.74) is 0. The Kier molecular flexibility index (Phi) is 4.29. The van der Waals surface area contributed by atoms with Gasteiger partial charge in [-0.1, -0.05) is 6.07 Å². The molecule has 0 fully saturated rings. The van der Waals surface area contributed by atoms with Crippen molar-refractivity contribution in [2.45, 2.75) is 19.4 Å². The second kappa shape index (κ2) is 5.30. The predicted molar refractivity (Wildman–Crippen MR) is 52.4 cm³/mol. The number of aliphatic hydroxyl groups excluding tert-OH is 1. The number of hydrogen-bond donors (Lipinski definition) is 2. The van der Waals surface area contributed by atoms with Crippen LogP contribution in [0.15, 0.2) is 17.5 Å². The fourth-order valence-corrected chi connectivity index (χ4v) is 1.79. The monoisotopic (exact) mass is 185 g/mol. The molecule has 0 unspecified atom stereocenters. The lowest BCUT2D eigenvalue weighted by molar-refractivity contribution is 0.284. The van der Waals surface area contributed by atoms with Crippen molar-refractivity contribution in [3.63, 3.8) is 0 Å². The smallest absolute Gasteiger partial charge is 0.0443 e. The second-order valence-electron chi connectivity index (χ2n) is 2.77. The lowest BCUT2D eigenvalue weighted by Crippen LogP contribution is -2.19. The predicted octanol–water partition coefficient (Wildman–Crippen LogP) is 1.78. The molecular formula is C9H15NOS. The van der Waals surface area contributed by atoms with Gasteiger partial charge in [0.2, 0.25) is 0 Å². The van der Waals surface area contributed by atoms with Crippen LogP contribution in [0, 0.1) is 0 Å². The topological polar surface area (TPSA) is 32.3 Å². The Bertz CT molecular complexity index is 198. The maximum absolute atomic E-state index is 8.57. The summed E-state index contributed by atoms with van der Waals surface area (Å²) in [6.45, 7) is 3.29. The molecule has 1 heterocycles. The summed E-state index contributed by atoms with van der Waals surface area (Å²) in [6.07, 6.45) is 0.829. The van der Waals surface area contributed by atoms with Crippen molar-refractivity contribution in [3.05, 3.63) is 22.4 Å². The van der Waals surface area contributed by atoms with Gasteiger partial charge in [-0.25, -0.2) is 0 Å². The van der Waals surface area contributed by atoms with E-state index in [1.54, 1.807) is 11.3 Å². The van der Waals surface area contributed by atoms with Crippen LogP contribution in [0.1, 0.15) is 24.3 Å². The third-order valence-corrected chi connectivity index (χ3v) is 2.81. The summed E-state index contributed by atoms with van der Waals surface area (Å²) < 4.78 is 0. The summed E-state index contributed by atoms with van der Waals surface area (Å²) in [5.74, 6) is 0. The summed E-state index contributed by atoms with van der Waals surface area (Å²) >= 11 is 1.76. The van der Waals surface area contributed by atoms with Gasteiger partial charge in [-0.15, -0.1) is 11.3 Å². The molecular weight excluding hydrogens is 170 g/mol. The van der Waals surface area contributed by atoms with Gasteiger partial charge in [0.25, 0.3) is 0 Å². The molecule has 1 aromatic rings. The molecule has 3 heteroatoms. The Hall–Kier alpha value is -0.380. The van der Waals surface area contributed by atoms with Crippen LogP contribution in [0.5, 0.6) is 0 Å². The number of hydrogen-bond acceptors (Lipinski definition) is 3. The van der Waals surface area contributed by atoms with Gasteiger partial charge in [-0.3, -0.25) is 0 Å². The fraction of sp³-hybridized carbons (Fsp3) is 0.556. The lowest BCUT2D eigenvalue weighted by Gasteiger charge is -2.10. The highest BCUT2D eigenvalue weighted by atomic mass is 32.1. The minimum absolute atomic E-state index is 0.268. The molecule has 68 valence electrons. The molecule has 0 bridgehead atoms. The quantitative estimate of drug-likeness (QED) is 0.685. The normalized spacial score (nSPS) is 13.2. The van der Waals surface area contributed by atoms with Crippen LogP contribution in [0.3, 0.4) is 0 Å². The van der Waals surface area contributed by atoms with Crippen molar-refractivity contribution in [3.8, 4) is 0 Å². The van der Waals surface area contributed by atoms with E-state index in [9.17, 15) is 0 Å². The molecule has 0 aliphatic heterocycles. The molecule has 12 heavy (non-hydrogen) atoms. The maximum Gasteiger partial charge on any atom is 0.0443 e. The number of nitrogens with one attached hydrogen (secondary N) is 1. The zero-order valence-corrected chi connectivity index (χ0v) is 8.10. The van der Waals surface area contributed by atoms with E-state index in [2.05, 4.69) is 29.8 Å². The number of thiophene rings is 1. The first-order valence-electron chi connectivity index (χ1n) is 4.22. The van der Waals surface area contributed by atoms with Crippen LogP contribution >= 0.6 is 11.3 Å². The largest absolute Gasteiger partial charge is 0.396 e. The molecule has 0 amide bonds. The standard InChI is InChI=1S/C9H15NOS/c1-8(10-5-3-6-11)9-4-2-7-12-9/h2,4,7-8,10-11H,3,5-6H2,1H3/t8-/m0/s1. The van der Waals surface area contributed by atoms with Crippen molar-refractivity contribution in [1.29, 1.82) is 0 Å². The molecule has 2 nitrogen and oxygen atoms in total. The van der Waals surface area contributed by atoms with E-state index in [4.69, 9.17) is 5.11 Å². The van der Waals surface area contributed by atoms with Gasteiger partial charge >= 0.3 is 0 Å². The molecule has 1 aromatic heterocycles. The lowest BCUT2D eigenvalue weighted by atomic mass is 10.2. The minimum Gasteiger partial charge on any atom is -0.396 e. The van der Waals surface area contributed by atoms with E-state index in [-0.39, 0.29) is 6.61 Å². The molecule has 1 atom stereocenters. The van der Waals surface area contributed by atoms with Gasteiger partial charge < -0.3 is 10.4 Å². The Labute approximate surface area is 77.2 Å². The Morgan fingerprint density at radius 2 is 2.50 bits per heavy atom. The van der Waals surface area contributed by atoms with E-state index >= 15 is 0 Å². The van der Waals surface area contributed by atoms with Crippen molar-refractivity contribution >= 4 is 11.3 Å². The fourth-order valence-electron chi connectivity index (χ4n) is 1.04. The van der Waals surface area contributed by atoms with Gasteiger partial charge in [-0.05, 0) is 31.3 Å². The number of aliphatic hydroxyl groups is 1. The summed E-state index contributed by atoms with van der Waals surface area (Å²) in [5, 5.41) is 14.0. The van der Waals surface area contributed by atoms with E-state index in [0.717, 1.165) is 13.0 Å². The maximum atomic E-state index is 8.57. The van der Waals surface area contributed by atoms with E-state index in [1.807, 2.05) is 0 Å². The Morgan fingerprint density at radius 3 is 3.08 bits per heavy atom. The zero-order valence-electron chi connectivity index (χ0n) is 7.29. The molecule has 0 saturated heterocycles. The molecule has 0 radical (unpaired) electrons. The van der Waals surface area contributed by atoms with E-state index in [1.165, 1.54) is 4.88 Å². The summed E-state index contributed by atoms with van der Waals surface area (Å²) in [7, 11) is 0. The summed E-state index contributed by atoms with van der Waals surface area (Å²) in [6, 6.07) is 4.60. The highest BCUT2D eigenvalue weighted by molar-refractivity contribution is 7.10. The third kappa shape index (κ3) is 2.93. The molecule has 2 N–H and O–H groups in total. The summed E-state index contributed by atoms with van der Waals surface area (Å²) in [4.78, 5) is 1.35. The average Bonchev–Trinajstić information content (AvgIpc) is 2.56. The van der Waals surface area contributed by atoms with Crippen molar-refractivity contribution in [1.82, 2.24) is 5.32 Å². The highest BCUT2D eigenvalue weighted by Crippen LogP contribution is 2.17. The first-order valence-corrected chi connectivity index (χ1v) is 5.10. The molecule has 0 saturated carbocycles. The minimum atomic E-state index is 0.268. The SMILES string of the molecule is C[C@H](NCCCO)c1cccs1. The van der Waals surface area contributed by atoms with Crippen molar-refractivity contribution in [2.75, 3.05) is 13.2 Å². The van der Waals surface area contributed by atoms with Crippen LogP contribution in [0.25, 0.3) is 0 Å². The first-order chi connectivity index (χ1) is 5.84. The molecule has 0 aromatic carbocycles. The zero-order chi connectivity index (χ0) is 8.81. The van der Waals surface area contributed by atoms with Crippen LogP contribution in [-0.2, 0) is 0 Å². The molecule has 0 spiro atoms. The van der Waals surface area contributed by atoms with Crippen molar-refractivity contribution in [2.24, 2.45) is 0 Å². The van der Waals surface area contributed by atoms with E-state index < -0.39 is 0 Å². The first kappa shape index (κ1) is 9.71. The van der Waals surface area contributed by atoms with Crippen LogP contribution in [-0.4, -0.2) is 18.3 Å². The van der Waals surface area contributed by atoms with E-state index in [0.29, 0.717) is 6.04 Å². The molecule has 0 aliphatic carbocycles. The average molecular weight is 185 g/mol. The molecule has 1 rings (SSSR count). The number of rotatable bonds is 5. The third-order valence-electron chi connectivity index (χ3n) is 1.76. The van der Waals surface area contributed by atoms with Crippen LogP contribution in [0.4, 0.5) is 0 Å². The Morgan fingerprint density at radius 1 is 1.67 bits per heavy atom.